The number of nitrogens with two attached hydrogens (primary N) is 1. The standard InChI is InChI=1S/C23H28FN5OS/c1-30-18-7-6-16(24)12-15(18)13-28-8-10-29(11-9-28)14-20-26-22(25)21-17-4-2-3-5-19(17)31-23(21)27-20/h6-7,12H,2-5,8-11,13-14H2,1H3,(H2,25,26,27). The third-order valence-corrected chi connectivity index (χ3v) is 7.54. The Morgan fingerprint density at radius 3 is 2.58 bits per heavy atom. The van der Waals surface area contributed by atoms with Crippen LogP contribution in [0, 0.1) is 5.82 Å². The predicted octanol–water partition coefficient (Wildman–Crippen LogP) is 3.62. The van der Waals surface area contributed by atoms with Gasteiger partial charge in [-0.3, -0.25) is 9.80 Å². The summed E-state index contributed by atoms with van der Waals surface area (Å²) in [4.78, 5) is 16.7. The van der Waals surface area contributed by atoms with Crippen molar-refractivity contribution in [2.75, 3.05) is 39.0 Å². The first-order valence-corrected chi connectivity index (χ1v) is 11.8. The number of nitrogens with zero attached hydrogens (tertiary/aromatic N) is 4. The molecule has 1 aliphatic heterocycles. The number of methoxy groups -OCH3 is 1. The van der Waals surface area contributed by atoms with E-state index in [9.17, 15) is 4.39 Å². The molecule has 1 aliphatic carbocycles. The van der Waals surface area contributed by atoms with Gasteiger partial charge >= 0.3 is 0 Å². The molecule has 0 amide bonds. The molecule has 0 bridgehead atoms. The number of hydrogen-bond acceptors (Lipinski definition) is 7. The summed E-state index contributed by atoms with van der Waals surface area (Å²) in [5, 5.41) is 1.09. The van der Waals surface area contributed by atoms with Gasteiger partial charge < -0.3 is 10.5 Å². The highest BCUT2D eigenvalue weighted by Crippen LogP contribution is 2.37. The second-order valence-electron chi connectivity index (χ2n) is 8.42. The lowest BCUT2D eigenvalue weighted by Gasteiger charge is -2.34. The number of thiophene rings is 1. The first-order chi connectivity index (χ1) is 15.1. The zero-order valence-electron chi connectivity index (χ0n) is 17.9. The third-order valence-electron chi connectivity index (χ3n) is 6.36. The van der Waals surface area contributed by atoms with Gasteiger partial charge in [-0.1, -0.05) is 0 Å². The van der Waals surface area contributed by atoms with Crippen molar-refractivity contribution in [3.8, 4) is 5.75 Å². The van der Waals surface area contributed by atoms with E-state index in [2.05, 4.69) is 14.8 Å². The second kappa shape index (κ2) is 8.68. The maximum Gasteiger partial charge on any atom is 0.146 e. The van der Waals surface area contributed by atoms with E-state index in [4.69, 9.17) is 15.5 Å². The number of rotatable bonds is 5. The molecule has 8 heteroatoms. The first kappa shape index (κ1) is 20.6. The second-order valence-corrected chi connectivity index (χ2v) is 9.51. The van der Waals surface area contributed by atoms with Crippen molar-refractivity contribution in [3.05, 3.63) is 45.8 Å². The molecule has 3 aromatic rings. The summed E-state index contributed by atoms with van der Waals surface area (Å²) >= 11 is 1.80. The zero-order valence-corrected chi connectivity index (χ0v) is 18.7. The van der Waals surface area contributed by atoms with E-state index in [1.54, 1.807) is 30.6 Å². The molecule has 6 nitrogen and oxygen atoms in total. The molecule has 0 unspecified atom stereocenters. The predicted molar refractivity (Wildman–Crippen MR) is 122 cm³/mol. The molecule has 2 aromatic heterocycles. The molecule has 1 fully saturated rings. The zero-order chi connectivity index (χ0) is 21.4. The third kappa shape index (κ3) is 4.24. The Morgan fingerprint density at radius 2 is 1.81 bits per heavy atom. The van der Waals surface area contributed by atoms with E-state index in [0.717, 1.165) is 66.4 Å². The molecule has 1 aromatic carbocycles. The SMILES string of the molecule is COc1ccc(F)cc1CN1CCN(Cc2nc(N)c3c4c(sc3n2)CCCC4)CC1. The van der Waals surface area contributed by atoms with Crippen molar-refractivity contribution in [2.45, 2.75) is 38.8 Å². The Kier molecular flexibility index (Phi) is 5.77. The summed E-state index contributed by atoms with van der Waals surface area (Å²) in [5.41, 5.74) is 8.64. The minimum Gasteiger partial charge on any atom is -0.496 e. The van der Waals surface area contributed by atoms with Crippen LogP contribution in [0.15, 0.2) is 18.2 Å². The molecule has 164 valence electrons. The number of benzene rings is 1. The van der Waals surface area contributed by atoms with Crippen LogP contribution in [0.1, 0.15) is 34.7 Å². The Hall–Kier alpha value is -2.29. The van der Waals surface area contributed by atoms with Gasteiger partial charge in [0.05, 0.1) is 19.0 Å². The number of piperazine rings is 1. The lowest BCUT2D eigenvalue weighted by molar-refractivity contribution is 0.119. The highest BCUT2D eigenvalue weighted by molar-refractivity contribution is 7.19. The topological polar surface area (TPSA) is 67.5 Å². The smallest absolute Gasteiger partial charge is 0.146 e. The molecular formula is C23H28FN5OS. The van der Waals surface area contributed by atoms with E-state index in [1.807, 2.05) is 0 Å². The van der Waals surface area contributed by atoms with E-state index >= 15 is 0 Å². The minimum absolute atomic E-state index is 0.227. The van der Waals surface area contributed by atoms with Gasteiger partial charge in [0.1, 0.15) is 28.0 Å². The summed E-state index contributed by atoms with van der Waals surface area (Å²) in [6.07, 6.45) is 4.72. The largest absolute Gasteiger partial charge is 0.496 e. The van der Waals surface area contributed by atoms with Gasteiger partial charge in [0, 0.05) is 43.2 Å². The van der Waals surface area contributed by atoms with Crippen LogP contribution in [0.4, 0.5) is 10.2 Å². The molecule has 2 aliphatic rings. The minimum atomic E-state index is -0.227. The number of anilines is 1. The summed E-state index contributed by atoms with van der Waals surface area (Å²) in [6, 6.07) is 4.70. The van der Waals surface area contributed by atoms with Crippen LogP contribution in [-0.4, -0.2) is 53.1 Å². The van der Waals surface area contributed by atoms with Gasteiger partial charge in [-0.05, 0) is 49.4 Å². The lowest BCUT2D eigenvalue weighted by Crippen LogP contribution is -2.45. The van der Waals surface area contributed by atoms with Crippen molar-refractivity contribution in [3.63, 3.8) is 0 Å². The van der Waals surface area contributed by atoms with Gasteiger partial charge in [-0.15, -0.1) is 11.3 Å². The van der Waals surface area contributed by atoms with Crippen molar-refractivity contribution < 1.29 is 9.13 Å². The van der Waals surface area contributed by atoms with Crippen molar-refractivity contribution in [2.24, 2.45) is 0 Å². The molecule has 3 heterocycles. The lowest BCUT2D eigenvalue weighted by atomic mass is 9.97. The maximum absolute atomic E-state index is 13.7. The van der Waals surface area contributed by atoms with Crippen molar-refractivity contribution >= 4 is 27.4 Å². The molecule has 0 radical (unpaired) electrons. The number of fused-ring (bicyclic) bond motifs is 3. The fraction of sp³-hybridized carbons (Fsp3) is 0.478. The fourth-order valence-corrected chi connectivity index (χ4v) is 6.01. The molecule has 2 N–H and O–H groups in total. The van der Waals surface area contributed by atoms with Gasteiger partial charge in [-0.2, -0.15) is 0 Å². The van der Waals surface area contributed by atoms with E-state index < -0.39 is 0 Å². The molecule has 0 spiro atoms. The van der Waals surface area contributed by atoms with Crippen LogP contribution in [0.3, 0.4) is 0 Å². The van der Waals surface area contributed by atoms with Crippen LogP contribution in [0.2, 0.25) is 0 Å². The summed E-state index contributed by atoms with van der Waals surface area (Å²) in [7, 11) is 1.63. The van der Waals surface area contributed by atoms with Crippen molar-refractivity contribution in [1.29, 1.82) is 0 Å². The van der Waals surface area contributed by atoms with E-state index in [1.165, 1.54) is 29.3 Å². The summed E-state index contributed by atoms with van der Waals surface area (Å²) < 4.78 is 19.0. The van der Waals surface area contributed by atoms with Crippen LogP contribution < -0.4 is 10.5 Å². The van der Waals surface area contributed by atoms with E-state index in [0.29, 0.717) is 18.9 Å². The highest BCUT2D eigenvalue weighted by atomic mass is 32.1. The molecule has 31 heavy (non-hydrogen) atoms. The molecule has 0 atom stereocenters. The Balaban J connectivity index is 1.24. The summed E-state index contributed by atoms with van der Waals surface area (Å²) in [5.74, 6) is 1.95. The summed E-state index contributed by atoms with van der Waals surface area (Å²) in [6.45, 7) is 5.04. The Morgan fingerprint density at radius 1 is 1.06 bits per heavy atom. The van der Waals surface area contributed by atoms with Crippen LogP contribution >= 0.6 is 11.3 Å². The number of halogens is 1. The molecule has 0 saturated carbocycles. The fourth-order valence-electron chi connectivity index (χ4n) is 4.72. The molecule has 5 rings (SSSR count). The number of ether oxygens (including phenoxy) is 1. The highest BCUT2D eigenvalue weighted by Gasteiger charge is 2.22. The van der Waals surface area contributed by atoms with E-state index in [-0.39, 0.29) is 5.82 Å². The normalized spacial score (nSPS) is 17.7. The quantitative estimate of drug-likeness (QED) is 0.652. The number of hydrogen-bond donors (Lipinski definition) is 1. The van der Waals surface area contributed by atoms with Gasteiger partial charge in [0.2, 0.25) is 0 Å². The monoisotopic (exact) mass is 441 g/mol. The van der Waals surface area contributed by atoms with Gasteiger partial charge in [-0.25, -0.2) is 14.4 Å². The van der Waals surface area contributed by atoms with Crippen LogP contribution in [-0.2, 0) is 25.9 Å². The first-order valence-electron chi connectivity index (χ1n) is 10.9. The maximum atomic E-state index is 13.7. The Labute approximate surface area is 185 Å². The molecule has 1 saturated heterocycles. The van der Waals surface area contributed by atoms with Gasteiger partial charge in [0.25, 0.3) is 0 Å². The van der Waals surface area contributed by atoms with Gasteiger partial charge in [0.15, 0.2) is 0 Å². The Bertz CT molecular complexity index is 1090. The number of aromatic nitrogens is 2. The average Bonchev–Trinajstić information content (AvgIpc) is 3.14. The number of aryl methyl sites for hydroxylation is 2. The molecular weight excluding hydrogens is 413 g/mol. The average molecular weight is 442 g/mol. The van der Waals surface area contributed by atoms with Crippen molar-refractivity contribution in [1.82, 2.24) is 19.8 Å². The van der Waals surface area contributed by atoms with Crippen LogP contribution in [0.5, 0.6) is 5.75 Å². The number of nitrogen functional groups attached to an aromatic ring is 1. The van der Waals surface area contributed by atoms with Crippen LogP contribution in [0.25, 0.3) is 10.2 Å².